The Kier molecular flexibility index (Phi) is 5.01. The van der Waals surface area contributed by atoms with Gasteiger partial charge in [-0.2, -0.15) is 0 Å². The molecule has 0 bridgehead atoms. The first kappa shape index (κ1) is 18.0. The highest BCUT2D eigenvalue weighted by Crippen LogP contribution is 2.36. The van der Waals surface area contributed by atoms with Gasteiger partial charge in [-0.1, -0.05) is 36.4 Å². The maximum Gasteiger partial charge on any atom is 0.340 e. The molecule has 1 aliphatic rings. The smallest absolute Gasteiger partial charge is 0.340 e. The normalized spacial score (nSPS) is 27.7. The molecule has 0 amide bonds. The molecule has 0 aromatic heterocycles. The summed E-state index contributed by atoms with van der Waals surface area (Å²) in [6, 6.07) is 15.9. The monoisotopic (exact) mass is 360 g/mol. The molecule has 0 radical (unpaired) electrons. The van der Waals surface area contributed by atoms with E-state index >= 15 is 0 Å². The topological polar surface area (TPSA) is 82.1 Å². The van der Waals surface area contributed by atoms with E-state index in [0.29, 0.717) is 0 Å². The molecule has 1 heterocycles. The van der Waals surface area contributed by atoms with E-state index in [1.165, 1.54) is 24.3 Å². The number of rotatable bonds is 4. The molecule has 1 saturated heterocycles. The number of benzene rings is 2. The molecule has 136 valence electrons. The number of alkyl halides is 1. The number of hydrogen-bond acceptors (Lipinski definition) is 6. The molecule has 4 atom stereocenters. The molecule has 1 aliphatic heterocycles. The third kappa shape index (κ3) is 3.58. The molecule has 1 fully saturated rings. The second kappa shape index (κ2) is 7.23. The van der Waals surface area contributed by atoms with Crippen molar-refractivity contribution in [2.75, 3.05) is 0 Å². The standard InChI is InChI=1S/C19H17FO6/c1-19(20)14(24-15(21)12-8-4-2-5-9-12)17(26-18(19)23)25-16(22)13-10-6-3-7-11-13/h2-11,14,17-18,23H,1H3/t14-,17+,18-,19-/m1/s1. The fourth-order valence-corrected chi connectivity index (χ4v) is 2.50. The molecule has 0 saturated carbocycles. The van der Waals surface area contributed by atoms with E-state index in [1.54, 1.807) is 36.4 Å². The van der Waals surface area contributed by atoms with Crippen LogP contribution in [0.4, 0.5) is 4.39 Å². The first-order chi connectivity index (χ1) is 12.4. The van der Waals surface area contributed by atoms with Gasteiger partial charge in [-0.05, 0) is 31.2 Å². The highest BCUT2D eigenvalue weighted by Gasteiger charge is 2.58. The Morgan fingerprint density at radius 1 is 0.962 bits per heavy atom. The number of esters is 2. The first-order valence-electron chi connectivity index (χ1n) is 7.94. The number of ether oxygens (including phenoxy) is 3. The lowest BCUT2D eigenvalue weighted by Gasteiger charge is -2.25. The quantitative estimate of drug-likeness (QED) is 0.844. The van der Waals surface area contributed by atoms with Gasteiger partial charge in [-0.3, -0.25) is 0 Å². The second-order valence-corrected chi connectivity index (χ2v) is 5.97. The maximum atomic E-state index is 14.8. The zero-order valence-corrected chi connectivity index (χ0v) is 13.9. The highest BCUT2D eigenvalue weighted by molar-refractivity contribution is 5.90. The summed E-state index contributed by atoms with van der Waals surface area (Å²) in [5.41, 5.74) is -2.05. The van der Waals surface area contributed by atoms with Crippen LogP contribution in [0.3, 0.4) is 0 Å². The van der Waals surface area contributed by atoms with E-state index < -0.39 is 36.3 Å². The fraction of sp³-hybridized carbons (Fsp3) is 0.263. The first-order valence-corrected chi connectivity index (χ1v) is 7.94. The zero-order valence-electron chi connectivity index (χ0n) is 13.9. The van der Waals surface area contributed by atoms with Gasteiger partial charge in [-0.25, -0.2) is 14.0 Å². The van der Waals surface area contributed by atoms with E-state index in [1.807, 2.05) is 0 Å². The zero-order chi connectivity index (χ0) is 18.7. The van der Waals surface area contributed by atoms with Gasteiger partial charge < -0.3 is 19.3 Å². The van der Waals surface area contributed by atoms with Crippen molar-refractivity contribution < 1.29 is 33.3 Å². The summed E-state index contributed by atoms with van der Waals surface area (Å²) in [6.45, 7) is 1.01. The number of aliphatic hydroxyl groups excluding tert-OH is 1. The van der Waals surface area contributed by atoms with Crippen LogP contribution in [0, 0.1) is 0 Å². The number of carbonyl (C=O) groups is 2. The lowest BCUT2D eigenvalue weighted by Crippen LogP contribution is -2.45. The molecule has 0 unspecified atom stereocenters. The summed E-state index contributed by atoms with van der Waals surface area (Å²) in [4.78, 5) is 24.4. The Balaban J connectivity index is 1.77. The van der Waals surface area contributed by atoms with Crippen molar-refractivity contribution in [3.8, 4) is 0 Å². The summed E-state index contributed by atoms with van der Waals surface area (Å²) in [5.74, 6) is -1.61. The molecule has 3 rings (SSSR count). The van der Waals surface area contributed by atoms with Gasteiger partial charge in [0, 0.05) is 0 Å². The van der Waals surface area contributed by atoms with Gasteiger partial charge in [0.1, 0.15) is 0 Å². The molecule has 1 N–H and O–H groups in total. The Labute approximate surface area is 149 Å². The lowest BCUT2D eigenvalue weighted by molar-refractivity contribution is -0.186. The van der Waals surface area contributed by atoms with Gasteiger partial charge in [0.15, 0.2) is 6.29 Å². The van der Waals surface area contributed by atoms with Crippen molar-refractivity contribution in [1.82, 2.24) is 0 Å². The average Bonchev–Trinajstić information content (AvgIpc) is 2.86. The van der Waals surface area contributed by atoms with Crippen LogP contribution in [-0.4, -0.2) is 41.4 Å². The summed E-state index contributed by atoms with van der Waals surface area (Å²) < 4.78 is 30.1. The number of halogens is 1. The summed E-state index contributed by atoms with van der Waals surface area (Å²) in [7, 11) is 0. The van der Waals surface area contributed by atoms with Crippen LogP contribution in [0.15, 0.2) is 60.7 Å². The van der Waals surface area contributed by atoms with Gasteiger partial charge in [-0.15, -0.1) is 0 Å². The molecule has 0 aliphatic carbocycles. The van der Waals surface area contributed by atoms with Crippen LogP contribution >= 0.6 is 0 Å². The summed E-state index contributed by atoms with van der Waals surface area (Å²) in [6.07, 6.45) is -5.12. The minimum absolute atomic E-state index is 0.192. The van der Waals surface area contributed by atoms with Crippen LogP contribution in [0.5, 0.6) is 0 Å². The Morgan fingerprint density at radius 3 is 1.92 bits per heavy atom. The summed E-state index contributed by atoms with van der Waals surface area (Å²) in [5, 5.41) is 9.78. The molecular formula is C19H17FO6. The predicted molar refractivity (Wildman–Crippen MR) is 87.9 cm³/mol. The third-order valence-electron chi connectivity index (χ3n) is 4.03. The molecular weight excluding hydrogens is 343 g/mol. The summed E-state index contributed by atoms with van der Waals surface area (Å²) >= 11 is 0. The Morgan fingerprint density at radius 2 is 1.42 bits per heavy atom. The number of carbonyl (C=O) groups excluding carboxylic acids is 2. The minimum Gasteiger partial charge on any atom is -0.448 e. The van der Waals surface area contributed by atoms with Gasteiger partial charge in [0.05, 0.1) is 11.1 Å². The lowest BCUT2D eigenvalue weighted by atomic mass is 10.0. The van der Waals surface area contributed by atoms with Crippen molar-refractivity contribution in [2.24, 2.45) is 0 Å². The van der Waals surface area contributed by atoms with Crippen molar-refractivity contribution in [1.29, 1.82) is 0 Å². The van der Waals surface area contributed by atoms with E-state index in [9.17, 15) is 19.1 Å². The van der Waals surface area contributed by atoms with E-state index in [2.05, 4.69) is 0 Å². The Bertz CT molecular complexity index is 777. The van der Waals surface area contributed by atoms with Crippen LogP contribution < -0.4 is 0 Å². The van der Waals surface area contributed by atoms with Crippen LogP contribution in [-0.2, 0) is 14.2 Å². The van der Waals surface area contributed by atoms with Gasteiger partial charge >= 0.3 is 11.9 Å². The second-order valence-electron chi connectivity index (χ2n) is 5.97. The number of hydrogen-bond donors (Lipinski definition) is 1. The molecule has 26 heavy (non-hydrogen) atoms. The van der Waals surface area contributed by atoms with Gasteiger partial charge in [0.25, 0.3) is 0 Å². The molecule has 6 nitrogen and oxygen atoms in total. The molecule has 0 spiro atoms. The maximum absolute atomic E-state index is 14.8. The molecule has 2 aromatic rings. The number of aliphatic hydroxyl groups is 1. The van der Waals surface area contributed by atoms with Crippen LogP contribution in [0.2, 0.25) is 0 Å². The molecule has 2 aromatic carbocycles. The van der Waals surface area contributed by atoms with Crippen molar-refractivity contribution in [2.45, 2.75) is 31.3 Å². The third-order valence-corrected chi connectivity index (χ3v) is 4.03. The predicted octanol–water partition coefficient (Wildman–Crippen LogP) is 2.47. The van der Waals surface area contributed by atoms with Crippen LogP contribution in [0.1, 0.15) is 27.6 Å². The molecule has 7 heteroatoms. The fourth-order valence-electron chi connectivity index (χ4n) is 2.50. The largest absolute Gasteiger partial charge is 0.448 e. The van der Waals surface area contributed by atoms with Crippen molar-refractivity contribution in [3.05, 3.63) is 71.8 Å². The van der Waals surface area contributed by atoms with Crippen LogP contribution in [0.25, 0.3) is 0 Å². The highest BCUT2D eigenvalue weighted by atomic mass is 19.1. The minimum atomic E-state index is -2.45. The van der Waals surface area contributed by atoms with E-state index in [4.69, 9.17) is 14.2 Å². The van der Waals surface area contributed by atoms with Crippen molar-refractivity contribution >= 4 is 11.9 Å². The van der Waals surface area contributed by atoms with E-state index in [0.717, 1.165) is 6.92 Å². The SMILES string of the molecule is C[C@]1(F)[C@H](O)O[C@H](OC(=O)c2ccccc2)[C@H]1OC(=O)c1ccccc1. The average molecular weight is 360 g/mol. The van der Waals surface area contributed by atoms with Gasteiger partial charge in [0.2, 0.25) is 18.1 Å². The van der Waals surface area contributed by atoms with Crippen molar-refractivity contribution in [3.63, 3.8) is 0 Å². The Hall–Kier alpha value is -2.77. The van der Waals surface area contributed by atoms with E-state index in [-0.39, 0.29) is 11.1 Å².